The highest BCUT2D eigenvalue weighted by Crippen LogP contribution is 2.29. The van der Waals surface area contributed by atoms with Crippen molar-refractivity contribution in [2.75, 3.05) is 13.7 Å². The molecule has 1 aromatic carbocycles. The molecule has 0 heterocycles. The lowest BCUT2D eigenvalue weighted by Crippen LogP contribution is -2.35. The first-order valence-electron chi connectivity index (χ1n) is 6.89. The molecule has 0 saturated heterocycles. The van der Waals surface area contributed by atoms with Gasteiger partial charge in [-0.2, -0.15) is 0 Å². The Kier molecular flexibility index (Phi) is 5.39. The van der Waals surface area contributed by atoms with E-state index in [1.165, 1.54) is 22.3 Å². The molecule has 0 aliphatic heterocycles. The van der Waals surface area contributed by atoms with Crippen LogP contribution < -0.4 is 15.8 Å². The predicted octanol–water partition coefficient (Wildman–Crippen LogP) is 2.84. The first-order chi connectivity index (χ1) is 8.76. The molecular formula is C16H28N2O. The zero-order valence-corrected chi connectivity index (χ0v) is 13.2. The van der Waals surface area contributed by atoms with Crippen molar-refractivity contribution in [3.8, 4) is 5.75 Å². The molecule has 0 aliphatic carbocycles. The molecule has 0 unspecified atom stereocenters. The maximum absolute atomic E-state index is 5.98. The number of nitrogens with one attached hydrogen (secondary N) is 1. The minimum absolute atomic E-state index is 0.116. The van der Waals surface area contributed by atoms with E-state index in [-0.39, 0.29) is 5.54 Å². The number of methoxy groups -OCH3 is 1. The van der Waals surface area contributed by atoms with Crippen LogP contribution in [0.5, 0.6) is 5.75 Å². The van der Waals surface area contributed by atoms with Crippen LogP contribution in [-0.4, -0.2) is 19.2 Å². The highest BCUT2D eigenvalue weighted by Gasteiger charge is 2.13. The van der Waals surface area contributed by atoms with Crippen LogP contribution in [-0.2, 0) is 6.54 Å². The van der Waals surface area contributed by atoms with Crippen molar-refractivity contribution >= 4 is 0 Å². The zero-order chi connectivity index (χ0) is 14.6. The van der Waals surface area contributed by atoms with Gasteiger partial charge in [-0.1, -0.05) is 6.07 Å². The Morgan fingerprint density at radius 1 is 1.21 bits per heavy atom. The fourth-order valence-corrected chi connectivity index (χ4v) is 2.22. The molecule has 108 valence electrons. The van der Waals surface area contributed by atoms with Crippen molar-refractivity contribution in [2.45, 2.75) is 53.1 Å². The molecule has 0 bridgehead atoms. The average molecular weight is 264 g/mol. The van der Waals surface area contributed by atoms with Gasteiger partial charge in [-0.15, -0.1) is 0 Å². The Labute approximate surface area is 117 Å². The van der Waals surface area contributed by atoms with Crippen molar-refractivity contribution in [1.29, 1.82) is 0 Å². The van der Waals surface area contributed by atoms with E-state index in [1.807, 2.05) is 0 Å². The van der Waals surface area contributed by atoms with Crippen LogP contribution in [0.25, 0.3) is 0 Å². The first-order valence-corrected chi connectivity index (χ1v) is 6.89. The van der Waals surface area contributed by atoms with Gasteiger partial charge in [0.05, 0.1) is 7.11 Å². The van der Waals surface area contributed by atoms with Gasteiger partial charge in [0.15, 0.2) is 0 Å². The predicted molar refractivity (Wildman–Crippen MR) is 81.8 cm³/mol. The third kappa shape index (κ3) is 4.51. The third-order valence-corrected chi connectivity index (χ3v) is 3.57. The molecular weight excluding hydrogens is 236 g/mol. The summed E-state index contributed by atoms with van der Waals surface area (Å²) in [4.78, 5) is 0. The molecule has 0 aromatic heterocycles. The van der Waals surface area contributed by atoms with E-state index in [9.17, 15) is 0 Å². The van der Waals surface area contributed by atoms with Crippen LogP contribution in [0.4, 0.5) is 0 Å². The van der Waals surface area contributed by atoms with E-state index in [4.69, 9.17) is 10.5 Å². The van der Waals surface area contributed by atoms with Gasteiger partial charge in [0.1, 0.15) is 5.75 Å². The SMILES string of the molecule is COc1c(C)c(C)cc(C)c1CNCCC(C)(C)N. The molecule has 3 nitrogen and oxygen atoms in total. The summed E-state index contributed by atoms with van der Waals surface area (Å²) >= 11 is 0. The fraction of sp³-hybridized carbons (Fsp3) is 0.625. The van der Waals surface area contributed by atoms with Crippen LogP contribution in [0, 0.1) is 20.8 Å². The quantitative estimate of drug-likeness (QED) is 0.777. The largest absolute Gasteiger partial charge is 0.496 e. The maximum atomic E-state index is 5.98. The zero-order valence-electron chi connectivity index (χ0n) is 13.2. The van der Waals surface area contributed by atoms with Gasteiger partial charge in [0.25, 0.3) is 0 Å². The van der Waals surface area contributed by atoms with Crippen LogP contribution >= 0.6 is 0 Å². The van der Waals surface area contributed by atoms with Crippen molar-refractivity contribution in [3.05, 3.63) is 28.3 Å². The molecule has 0 aliphatic rings. The van der Waals surface area contributed by atoms with E-state index >= 15 is 0 Å². The molecule has 1 aromatic rings. The summed E-state index contributed by atoms with van der Waals surface area (Å²) in [5.74, 6) is 1.01. The average Bonchev–Trinajstić information content (AvgIpc) is 2.29. The number of ether oxygens (including phenoxy) is 1. The van der Waals surface area contributed by atoms with Gasteiger partial charge in [-0.3, -0.25) is 0 Å². The summed E-state index contributed by atoms with van der Waals surface area (Å²) in [6, 6.07) is 2.22. The van der Waals surface area contributed by atoms with E-state index in [0.717, 1.165) is 25.3 Å². The third-order valence-electron chi connectivity index (χ3n) is 3.57. The number of rotatable bonds is 6. The maximum Gasteiger partial charge on any atom is 0.126 e. The van der Waals surface area contributed by atoms with Gasteiger partial charge < -0.3 is 15.8 Å². The first kappa shape index (κ1) is 16.0. The summed E-state index contributed by atoms with van der Waals surface area (Å²) < 4.78 is 5.57. The second kappa shape index (κ2) is 6.40. The number of aryl methyl sites for hydroxylation is 2. The number of hydrogen-bond donors (Lipinski definition) is 2. The second-order valence-electron chi connectivity index (χ2n) is 6.06. The van der Waals surface area contributed by atoms with Crippen LogP contribution in [0.2, 0.25) is 0 Å². The number of nitrogens with two attached hydrogens (primary N) is 1. The monoisotopic (exact) mass is 264 g/mol. The normalized spacial score (nSPS) is 11.7. The fourth-order valence-electron chi connectivity index (χ4n) is 2.22. The molecule has 0 amide bonds. The minimum atomic E-state index is -0.116. The topological polar surface area (TPSA) is 47.3 Å². The van der Waals surface area contributed by atoms with Crippen molar-refractivity contribution in [1.82, 2.24) is 5.32 Å². The smallest absolute Gasteiger partial charge is 0.126 e. The Morgan fingerprint density at radius 3 is 2.37 bits per heavy atom. The molecule has 1 rings (SSSR count). The van der Waals surface area contributed by atoms with E-state index in [2.05, 4.69) is 46.0 Å². The lowest BCUT2D eigenvalue weighted by molar-refractivity contribution is 0.401. The van der Waals surface area contributed by atoms with Crippen LogP contribution in [0.1, 0.15) is 42.5 Å². The van der Waals surface area contributed by atoms with Crippen molar-refractivity contribution in [3.63, 3.8) is 0 Å². The summed E-state index contributed by atoms with van der Waals surface area (Å²) in [6.45, 7) is 12.2. The van der Waals surface area contributed by atoms with Gasteiger partial charge in [0.2, 0.25) is 0 Å². The lowest BCUT2D eigenvalue weighted by atomic mass is 9.98. The number of hydrogen-bond acceptors (Lipinski definition) is 3. The number of benzene rings is 1. The van der Waals surface area contributed by atoms with Crippen LogP contribution in [0.3, 0.4) is 0 Å². The molecule has 3 N–H and O–H groups in total. The Bertz CT molecular complexity index is 433. The summed E-state index contributed by atoms with van der Waals surface area (Å²) in [5.41, 5.74) is 10.9. The summed E-state index contributed by atoms with van der Waals surface area (Å²) in [7, 11) is 1.74. The van der Waals surface area contributed by atoms with Crippen molar-refractivity contribution in [2.24, 2.45) is 5.73 Å². The van der Waals surface area contributed by atoms with Gasteiger partial charge in [0, 0.05) is 17.6 Å². The molecule has 19 heavy (non-hydrogen) atoms. The molecule has 0 spiro atoms. The molecule has 0 fully saturated rings. The van der Waals surface area contributed by atoms with Gasteiger partial charge >= 0.3 is 0 Å². The van der Waals surface area contributed by atoms with Crippen molar-refractivity contribution < 1.29 is 4.74 Å². The molecule has 0 saturated carbocycles. The standard InChI is InChI=1S/C16H28N2O/c1-11-9-12(2)14(15(19-6)13(11)3)10-18-8-7-16(4,5)17/h9,18H,7-8,10,17H2,1-6H3. The Morgan fingerprint density at radius 2 is 1.84 bits per heavy atom. The highest BCUT2D eigenvalue weighted by atomic mass is 16.5. The molecule has 3 heteroatoms. The van der Waals surface area contributed by atoms with Gasteiger partial charge in [-0.25, -0.2) is 0 Å². The second-order valence-corrected chi connectivity index (χ2v) is 6.06. The summed E-state index contributed by atoms with van der Waals surface area (Å²) in [6.07, 6.45) is 0.958. The molecule has 0 radical (unpaired) electrons. The van der Waals surface area contributed by atoms with E-state index in [1.54, 1.807) is 7.11 Å². The van der Waals surface area contributed by atoms with Gasteiger partial charge in [-0.05, 0) is 64.3 Å². The van der Waals surface area contributed by atoms with E-state index < -0.39 is 0 Å². The summed E-state index contributed by atoms with van der Waals surface area (Å²) in [5, 5.41) is 3.46. The Hall–Kier alpha value is -1.06. The molecule has 0 atom stereocenters. The lowest BCUT2D eigenvalue weighted by Gasteiger charge is -2.20. The van der Waals surface area contributed by atoms with E-state index in [0.29, 0.717) is 0 Å². The Balaban J connectivity index is 2.76. The highest BCUT2D eigenvalue weighted by molar-refractivity contribution is 5.49. The minimum Gasteiger partial charge on any atom is -0.496 e. The van der Waals surface area contributed by atoms with Crippen LogP contribution in [0.15, 0.2) is 6.07 Å².